The van der Waals surface area contributed by atoms with Gasteiger partial charge in [0.15, 0.2) is 0 Å². The van der Waals surface area contributed by atoms with Crippen molar-refractivity contribution in [1.29, 1.82) is 5.26 Å². The number of pyridine rings is 1. The number of nitrogens with zero attached hydrogens (tertiary/aromatic N) is 5. The number of aromatic nitrogens is 3. The first-order valence-electron chi connectivity index (χ1n) is 13.1. The van der Waals surface area contributed by atoms with Crippen molar-refractivity contribution in [2.45, 2.75) is 38.1 Å². The lowest BCUT2D eigenvalue weighted by molar-refractivity contribution is 0.122. The highest BCUT2D eigenvalue weighted by atomic mass is 16.5. The number of benzene rings is 2. The van der Waals surface area contributed by atoms with Crippen molar-refractivity contribution in [3.8, 4) is 17.5 Å². The number of fused-ring (bicyclic) bond motifs is 2. The highest BCUT2D eigenvalue weighted by molar-refractivity contribution is 6.00. The van der Waals surface area contributed by atoms with Crippen LogP contribution in [0.2, 0.25) is 0 Å². The molecule has 2 aromatic carbocycles. The van der Waals surface area contributed by atoms with Crippen LogP contribution in [0.1, 0.15) is 32.3 Å². The molecule has 4 heterocycles. The van der Waals surface area contributed by atoms with Gasteiger partial charge in [-0.15, -0.1) is 0 Å². The summed E-state index contributed by atoms with van der Waals surface area (Å²) in [6, 6.07) is 17.4. The molecule has 2 aromatic heterocycles. The van der Waals surface area contributed by atoms with E-state index < -0.39 is 5.41 Å². The minimum atomic E-state index is -0.593. The molecular formula is C29H33N7O. The van der Waals surface area contributed by atoms with Gasteiger partial charge in [0.1, 0.15) is 11.5 Å². The summed E-state index contributed by atoms with van der Waals surface area (Å²) in [7, 11) is 0. The van der Waals surface area contributed by atoms with Gasteiger partial charge >= 0.3 is 0 Å². The van der Waals surface area contributed by atoms with Crippen LogP contribution in [0.5, 0.6) is 0 Å². The Kier molecular flexibility index (Phi) is 5.98. The van der Waals surface area contributed by atoms with Crippen molar-refractivity contribution in [2.24, 2.45) is 5.73 Å². The SMILES string of the molecule is CC(C)(C#N)c1ccc2[nH]nc(-c3cc4ccc(N5CCOCC5)cc4c(N4CCC[C@H](N)C4)n3)c2c1. The van der Waals surface area contributed by atoms with Crippen molar-refractivity contribution in [1.82, 2.24) is 15.2 Å². The fourth-order valence-electron chi connectivity index (χ4n) is 5.46. The molecule has 8 heteroatoms. The molecule has 190 valence electrons. The zero-order valence-corrected chi connectivity index (χ0v) is 21.5. The average Bonchev–Trinajstić information content (AvgIpc) is 3.36. The van der Waals surface area contributed by atoms with E-state index >= 15 is 0 Å². The van der Waals surface area contributed by atoms with Gasteiger partial charge in [-0.25, -0.2) is 4.98 Å². The Hall–Kier alpha value is -3.67. The number of morpholine rings is 1. The Morgan fingerprint density at radius 2 is 1.89 bits per heavy atom. The van der Waals surface area contributed by atoms with Gasteiger partial charge in [0, 0.05) is 48.7 Å². The highest BCUT2D eigenvalue weighted by Gasteiger charge is 2.24. The van der Waals surface area contributed by atoms with Crippen LogP contribution in [-0.2, 0) is 10.2 Å². The number of rotatable bonds is 4. The fraction of sp³-hybridized carbons (Fsp3) is 0.414. The Bertz CT molecular complexity index is 1500. The number of nitrogens with one attached hydrogen (secondary N) is 1. The molecule has 0 bridgehead atoms. The van der Waals surface area contributed by atoms with Crippen LogP contribution < -0.4 is 15.5 Å². The van der Waals surface area contributed by atoms with Crippen molar-refractivity contribution in [3.05, 3.63) is 48.0 Å². The van der Waals surface area contributed by atoms with Crippen LogP contribution in [0.25, 0.3) is 33.1 Å². The van der Waals surface area contributed by atoms with E-state index in [9.17, 15) is 5.26 Å². The molecule has 8 nitrogen and oxygen atoms in total. The van der Waals surface area contributed by atoms with E-state index in [1.165, 1.54) is 5.69 Å². The van der Waals surface area contributed by atoms with Crippen molar-refractivity contribution in [2.75, 3.05) is 49.2 Å². The largest absolute Gasteiger partial charge is 0.378 e. The molecule has 0 unspecified atom stereocenters. The van der Waals surface area contributed by atoms with E-state index in [0.717, 1.165) is 96.7 Å². The van der Waals surface area contributed by atoms with E-state index in [2.05, 4.69) is 56.4 Å². The summed E-state index contributed by atoms with van der Waals surface area (Å²) in [6.45, 7) is 8.87. The van der Waals surface area contributed by atoms with Crippen molar-refractivity contribution >= 4 is 33.2 Å². The molecule has 37 heavy (non-hydrogen) atoms. The lowest BCUT2D eigenvalue weighted by Crippen LogP contribution is -2.43. The molecule has 1 atom stereocenters. The van der Waals surface area contributed by atoms with Crippen molar-refractivity contribution in [3.63, 3.8) is 0 Å². The smallest absolute Gasteiger partial charge is 0.137 e. The molecule has 6 rings (SSSR count). The summed E-state index contributed by atoms with van der Waals surface area (Å²) in [6.07, 6.45) is 2.09. The molecule has 4 aromatic rings. The van der Waals surface area contributed by atoms with Gasteiger partial charge in [-0.3, -0.25) is 5.10 Å². The van der Waals surface area contributed by atoms with E-state index in [4.69, 9.17) is 15.5 Å². The van der Waals surface area contributed by atoms with Crippen LogP contribution in [0.4, 0.5) is 11.5 Å². The molecule has 0 radical (unpaired) electrons. The maximum Gasteiger partial charge on any atom is 0.137 e. The van der Waals surface area contributed by atoms with E-state index in [-0.39, 0.29) is 6.04 Å². The summed E-state index contributed by atoms with van der Waals surface area (Å²) < 4.78 is 5.56. The molecule has 2 fully saturated rings. The third-order valence-corrected chi connectivity index (χ3v) is 7.74. The summed E-state index contributed by atoms with van der Waals surface area (Å²) in [4.78, 5) is 9.94. The summed E-state index contributed by atoms with van der Waals surface area (Å²) in [5.74, 6) is 0.961. The Morgan fingerprint density at radius 3 is 2.68 bits per heavy atom. The van der Waals surface area contributed by atoms with Crippen LogP contribution in [0.3, 0.4) is 0 Å². The number of ether oxygens (including phenoxy) is 1. The number of H-pyrrole nitrogens is 1. The third-order valence-electron chi connectivity index (χ3n) is 7.74. The third kappa shape index (κ3) is 4.39. The molecule has 2 saturated heterocycles. The van der Waals surface area contributed by atoms with Crippen LogP contribution in [0.15, 0.2) is 42.5 Å². The van der Waals surface area contributed by atoms with Crippen molar-refractivity contribution < 1.29 is 4.74 Å². The number of piperidine rings is 1. The number of nitriles is 1. The van der Waals surface area contributed by atoms with Crippen LogP contribution in [0, 0.1) is 11.3 Å². The minimum Gasteiger partial charge on any atom is -0.378 e. The lowest BCUT2D eigenvalue weighted by Gasteiger charge is -2.33. The molecule has 0 aliphatic carbocycles. The summed E-state index contributed by atoms with van der Waals surface area (Å²) in [5.41, 5.74) is 10.5. The predicted octanol–water partition coefficient (Wildman–Crippen LogP) is 4.34. The number of aromatic amines is 1. The minimum absolute atomic E-state index is 0.138. The summed E-state index contributed by atoms with van der Waals surface area (Å²) >= 11 is 0. The molecule has 0 spiro atoms. The first kappa shape index (κ1) is 23.7. The maximum atomic E-state index is 9.68. The average molecular weight is 496 g/mol. The van der Waals surface area contributed by atoms with Crippen LogP contribution in [-0.4, -0.2) is 60.6 Å². The van der Waals surface area contributed by atoms with Gasteiger partial charge in [0.25, 0.3) is 0 Å². The van der Waals surface area contributed by atoms with Gasteiger partial charge in [0.05, 0.1) is 35.9 Å². The number of hydrogen-bond donors (Lipinski definition) is 2. The fourth-order valence-corrected chi connectivity index (χ4v) is 5.46. The highest BCUT2D eigenvalue weighted by Crippen LogP contribution is 2.36. The first-order chi connectivity index (χ1) is 17.9. The molecule has 2 aliphatic rings. The summed E-state index contributed by atoms with van der Waals surface area (Å²) in [5, 5.41) is 20.8. The second kappa shape index (κ2) is 9.33. The molecular weight excluding hydrogens is 462 g/mol. The zero-order valence-electron chi connectivity index (χ0n) is 21.5. The van der Waals surface area contributed by atoms with Gasteiger partial charge in [0.2, 0.25) is 0 Å². The number of hydrogen-bond acceptors (Lipinski definition) is 7. The molecule has 3 N–H and O–H groups in total. The predicted molar refractivity (Wildman–Crippen MR) is 148 cm³/mol. The van der Waals surface area contributed by atoms with E-state index in [0.29, 0.717) is 0 Å². The Balaban J connectivity index is 1.51. The zero-order chi connectivity index (χ0) is 25.6. The molecule has 0 amide bonds. The topological polar surface area (TPSA) is 107 Å². The second-order valence-electron chi connectivity index (χ2n) is 10.8. The van der Waals surface area contributed by atoms with E-state index in [1.807, 2.05) is 26.0 Å². The standard InChI is InChI=1S/C29H33N7O/c1-29(2,18-30)20-6-8-25-24(15-20)27(34-33-25)26-14-19-5-7-22(35-10-12-37-13-11-35)16-23(19)28(32-26)36-9-3-4-21(31)17-36/h5-8,14-16,21H,3-4,9-13,17,31H2,1-2H3,(H,33,34)/t21-/m0/s1. The number of nitrogens with two attached hydrogens (primary N) is 1. The molecule has 0 saturated carbocycles. The quantitative estimate of drug-likeness (QED) is 0.434. The normalized spacial score (nSPS) is 18.9. The van der Waals surface area contributed by atoms with Gasteiger partial charge in [-0.05, 0) is 68.0 Å². The lowest BCUT2D eigenvalue weighted by atomic mass is 9.85. The Labute approximate surface area is 217 Å². The first-order valence-corrected chi connectivity index (χ1v) is 13.1. The van der Waals surface area contributed by atoms with E-state index in [1.54, 1.807) is 0 Å². The van der Waals surface area contributed by atoms with Crippen LogP contribution >= 0.6 is 0 Å². The van der Waals surface area contributed by atoms with Gasteiger partial charge in [-0.2, -0.15) is 10.4 Å². The second-order valence-corrected chi connectivity index (χ2v) is 10.8. The Morgan fingerprint density at radius 1 is 1.05 bits per heavy atom. The maximum absolute atomic E-state index is 9.68. The molecule has 2 aliphatic heterocycles. The monoisotopic (exact) mass is 495 g/mol. The van der Waals surface area contributed by atoms with Gasteiger partial charge in [-0.1, -0.05) is 12.1 Å². The number of anilines is 2. The van der Waals surface area contributed by atoms with Gasteiger partial charge < -0.3 is 20.3 Å².